The van der Waals surface area contributed by atoms with Gasteiger partial charge in [0.15, 0.2) is 17.6 Å². The third kappa shape index (κ3) is 4.46. The van der Waals surface area contributed by atoms with Gasteiger partial charge in [-0.15, -0.1) is 0 Å². The molecule has 0 radical (unpaired) electrons. The summed E-state index contributed by atoms with van der Waals surface area (Å²) in [4.78, 5) is 17.0. The molecular weight excluding hydrogens is 457 g/mol. The Kier molecular flexibility index (Phi) is 5.30. The minimum atomic E-state index is -4.66. The average Bonchev–Trinajstić information content (AvgIpc) is 3.35. The Morgan fingerprint density at radius 1 is 1.12 bits per heavy atom. The first-order valence-corrected chi connectivity index (χ1v) is 10.9. The number of aromatic nitrogens is 2. The van der Waals surface area contributed by atoms with Crippen LogP contribution in [-0.4, -0.2) is 39.5 Å². The van der Waals surface area contributed by atoms with Crippen molar-refractivity contribution < 1.29 is 22.0 Å². The molecule has 7 nitrogen and oxygen atoms in total. The van der Waals surface area contributed by atoms with Crippen LogP contribution in [0.4, 0.5) is 22.0 Å². The number of hydrogen-bond acceptors (Lipinski definition) is 5. The fourth-order valence-electron chi connectivity index (χ4n) is 4.67. The SMILES string of the molecule is NC1(C2CCC(F)(F)C2)N=C(c2cccc(C(F)(F)F)n2)NC(=NC2Cc3cccnc3C2)N1. The number of nitrogens with zero attached hydrogens (tertiary/aromatic N) is 4. The molecule has 180 valence electrons. The molecule has 0 aromatic carbocycles. The van der Waals surface area contributed by atoms with Gasteiger partial charge in [-0.1, -0.05) is 12.1 Å². The molecule has 4 N–H and O–H groups in total. The first kappa shape index (κ1) is 22.6. The second kappa shape index (κ2) is 7.97. The first-order chi connectivity index (χ1) is 16.0. The summed E-state index contributed by atoms with van der Waals surface area (Å²) in [6, 6.07) is 6.98. The van der Waals surface area contributed by atoms with E-state index < -0.39 is 35.9 Å². The van der Waals surface area contributed by atoms with Crippen molar-refractivity contribution in [2.45, 2.75) is 56.0 Å². The molecule has 3 aliphatic rings. The lowest BCUT2D eigenvalue weighted by Gasteiger charge is -2.38. The Hall–Kier alpha value is -3.15. The Bertz CT molecular complexity index is 1140. The van der Waals surface area contributed by atoms with Crippen molar-refractivity contribution in [1.29, 1.82) is 0 Å². The second-order valence-electron chi connectivity index (χ2n) is 8.89. The van der Waals surface area contributed by atoms with Crippen LogP contribution in [-0.2, 0) is 19.0 Å². The van der Waals surface area contributed by atoms with Crippen LogP contribution in [0.3, 0.4) is 0 Å². The van der Waals surface area contributed by atoms with Crippen LogP contribution in [0.25, 0.3) is 0 Å². The molecular formula is C22H22F5N7. The van der Waals surface area contributed by atoms with E-state index in [-0.39, 0.29) is 36.4 Å². The minimum Gasteiger partial charge on any atom is -0.319 e. The number of guanidine groups is 1. The Morgan fingerprint density at radius 2 is 1.94 bits per heavy atom. The van der Waals surface area contributed by atoms with E-state index in [0.29, 0.717) is 12.8 Å². The topological polar surface area (TPSA) is 101 Å². The summed E-state index contributed by atoms with van der Waals surface area (Å²) in [6.07, 6.45) is -2.50. The number of nitrogens with two attached hydrogens (primary N) is 1. The monoisotopic (exact) mass is 479 g/mol. The Labute approximate surface area is 191 Å². The molecule has 12 heteroatoms. The largest absolute Gasteiger partial charge is 0.433 e. The molecule has 2 aromatic rings. The lowest BCUT2D eigenvalue weighted by molar-refractivity contribution is -0.141. The van der Waals surface area contributed by atoms with Crippen molar-refractivity contribution in [3.8, 4) is 0 Å². The van der Waals surface area contributed by atoms with Crippen molar-refractivity contribution >= 4 is 11.8 Å². The highest BCUT2D eigenvalue weighted by molar-refractivity contribution is 6.09. The van der Waals surface area contributed by atoms with Crippen LogP contribution in [0.2, 0.25) is 0 Å². The van der Waals surface area contributed by atoms with E-state index in [1.807, 2.05) is 12.1 Å². The molecule has 3 heterocycles. The summed E-state index contributed by atoms with van der Waals surface area (Å²) in [6.45, 7) is 0. The molecule has 1 fully saturated rings. The van der Waals surface area contributed by atoms with Gasteiger partial charge in [-0.25, -0.2) is 23.7 Å². The lowest BCUT2D eigenvalue weighted by atomic mass is 9.98. The van der Waals surface area contributed by atoms with Crippen LogP contribution in [0.1, 0.15) is 41.9 Å². The summed E-state index contributed by atoms with van der Waals surface area (Å²) in [7, 11) is 0. The molecule has 0 bridgehead atoms. The van der Waals surface area contributed by atoms with Crippen LogP contribution in [0.5, 0.6) is 0 Å². The van der Waals surface area contributed by atoms with E-state index in [0.717, 1.165) is 17.3 Å². The molecule has 5 rings (SSSR count). The number of hydrogen-bond donors (Lipinski definition) is 3. The van der Waals surface area contributed by atoms with Crippen LogP contribution < -0.4 is 16.4 Å². The molecule has 1 saturated carbocycles. The van der Waals surface area contributed by atoms with E-state index in [9.17, 15) is 22.0 Å². The number of halogens is 5. The number of pyridine rings is 2. The summed E-state index contributed by atoms with van der Waals surface area (Å²) < 4.78 is 67.6. The van der Waals surface area contributed by atoms with Gasteiger partial charge in [-0.2, -0.15) is 13.2 Å². The van der Waals surface area contributed by atoms with Gasteiger partial charge >= 0.3 is 6.18 Å². The van der Waals surface area contributed by atoms with Crippen molar-refractivity contribution in [1.82, 2.24) is 20.6 Å². The zero-order valence-electron chi connectivity index (χ0n) is 17.9. The molecule has 34 heavy (non-hydrogen) atoms. The van der Waals surface area contributed by atoms with Gasteiger partial charge in [0.1, 0.15) is 11.4 Å². The van der Waals surface area contributed by atoms with Gasteiger partial charge in [0.05, 0.1) is 6.04 Å². The average molecular weight is 479 g/mol. The van der Waals surface area contributed by atoms with Crippen LogP contribution >= 0.6 is 0 Å². The number of aliphatic imine (C=N–C) groups is 2. The highest BCUT2D eigenvalue weighted by Crippen LogP contribution is 2.43. The van der Waals surface area contributed by atoms with E-state index in [1.54, 1.807) is 6.20 Å². The smallest absolute Gasteiger partial charge is 0.319 e. The van der Waals surface area contributed by atoms with Crippen LogP contribution in [0, 0.1) is 5.92 Å². The molecule has 3 unspecified atom stereocenters. The molecule has 0 amide bonds. The zero-order valence-corrected chi connectivity index (χ0v) is 17.9. The van der Waals surface area contributed by atoms with E-state index in [2.05, 4.69) is 30.6 Å². The number of amidine groups is 1. The van der Waals surface area contributed by atoms with E-state index in [4.69, 9.17) is 5.73 Å². The molecule has 2 aliphatic carbocycles. The lowest BCUT2D eigenvalue weighted by Crippen LogP contribution is -2.66. The normalized spacial score (nSPS) is 29.4. The number of alkyl halides is 5. The van der Waals surface area contributed by atoms with Gasteiger partial charge in [0, 0.05) is 37.1 Å². The van der Waals surface area contributed by atoms with Gasteiger partial charge < -0.3 is 10.6 Å². The predicted molar refractivity (Wildman–Crippen MR) is 114 cm³/mol. The predicted octanol–water partition coefficient (Wildman–Crippen LogP) is 3.01. The third-order valence-electron chi connectivity index (χ3n) is 6.34. The highest BCUT2D eigenvalue weighted by Gasteiger charge is 2.50. The first-order valence-electron chi connectivity index (χ1n) is 10.9. The second-order valence-corrected chi connectivity index (χ2v) is 8.89. The summed E-state index contributed by atoms with van der Waals surface area (Å²) in [5, 5.41) is 5.81. The summed E-state index contributed by atoms with van der Waals surface area (Å²) in [5.41, 5.74) is 7.23. The van der Waals surface area contributed by atoms with Crippen LogP contribution in [0.15, 0.2) is 46.5 Å². The van der Waals surface area contributed by atoms with E-state index in [1.165, 1.54) is 12.1 Å². The third-order valence-corrected chi connectivity index (χ3v) is 6.34. The van der Waals surface area contributed by atoms with Crippen molar-refractivity contribution in [3.05, 3.63) is 59.2 Å². The van der Waals surface area contributed by atoms with E-state index >= 15 is 0 Å². The number of fused-ring (bicyclic) bond motifs is 1. The fraction of sp³-hybridized carbons (Fsp3) is 0.455. The molecule has 2 aromatic heterocycles. The van der Waals surface area contributed by atoms with Crippen molar-refractivity contribution in [2.75, 3.05) is 0 Å². The van der Waals surface area contributed by atoms with Crippen molar-refractivity contribution in [3.63, 3.8) is 0 Å². The molecule has 0 saturated heterocycles. The number of nitrogens with one attached hydrogen (secondary N) is 2. The fourth-order valence-corrected chi connectivity index (χ4v) is 4.67. The molecule has 1 aliphatic heterocycles. The van der Waals surface area contributed by atoms with Gasteiger partial charge in [0.2, 0.25) is 5.92 Å². The number of rotatable bonds is 3. The van der Waals surface area contributed by atoms with Crippen molar-refractivity contribution in [2.24, 2.45) is 21.6 Å². The zero-order chi connectivity index (χ0) is 24.1. The Morgan fingerprint density at radius 3 is 2.65 bits per heavy atom. The standard InChI is InChI=1S/C22H22F5N7/c23-20(24)7-6-13(11-20)22(28)33-18(15-4-1-5-17(31-15)21(25,26)27)32-19(34-22)30-14-9-12-3-2-8-29-16(12)10-14/h1-5,8,13-14H,6-7,9-11,28H2,(H2,30,32,33,34). The maximum Gasteiger partial charge on any atom is 0.433 e. The molecule has 0 spiro atoms. The van der Waals surface area contributed by atoms with Gasteiger partial charge in [-0.3, -0.25) is 10.7 Å². The Balaban J connectivity index is 1.49. The molecule has 3 atom stereocenters. The maximum atomic E-state index is 14.0. The maximum absolute atomic E-state index is 14.0. The minimum absolute atomic E-state index is 0.0602. The summed E-state index contributed by atoms with van der Waals surface area (Å²) in [5.74, 6) is -5.23. The summed E-state index contributed by atoms with van der Waals surface area (Å²) >= 11 is 0. The highest BCUT2D eigenvalue weighted by atomic mass is 19.4. The van der Waals surface area contributed by atoms with Gasteiger partial charge in [0.25, 0.3) is 0 Å². The quantitative estimate of drug-likeness (QED) is 0.588. The van der Waals surface area contributed by atoms with Gasteiger partial charge in [-0.05, 0) is 36.6 Å².